The number of hydrogen-bond acceptors (Lipinski definition) is 6. The molecule has 6 heteroatoms. The first-order chi connectivity index (χ1) is 14.6. The van der Waals surface area contributed by atoms with Crippen molar-refractivity contribution in [2.75, 3.05) is 0 Å². The molecule has 5 rings (SSSR count). The number of carbonyl (C=O) groups is 1. The van der Waals surface area contributed by atoms with E-state index in [1.807, 2.05) is 48.5 Å². The fourth-order valence-electron chi connectivity index (χ4n) is 3.73. The van der Waals surface area contributed by atoms with Crippen molar-refractivity contribution in [2.24, 2.45) is 0 Å². The Morgan fingerprint density at radius 2 is 1.60 bits per heavy atom. The monoisotopic (exact) mass is 400 g/mol. The zero-order chi connectivity index (χ0) is 20.7. The lowest BCUT2D eigenvalue weighted by molar-refractivity contribution is -0.145. The van der Waals surface area contributed by atoms with Crippen molar-refractivity contribution in [3.8, 4) is 17.2 Å². The van der Waals surface area contributed by atoms with Gasteiger partial charge in [0.15, 0.2) is 0 Å². The predicted molar refractivity (Wildman–Crippen MR) is 109 cm³/mol. The van der Waals surface area contributed by atoms with E-state index in [1.54, 1.807) is 6.07 Å². The second-order valence-electron chi connectivity index (χ2n) is 6.99. The molecule has 0 saturated heterocycles. The van der Waals surface area contributed by atoms with E-state index in [2.05, 4.69) is 0 Å². The maximum absolute atomic E-state index is 13.2. The predicted octanol–water partition coefficient (Wildman–Crippen LogP) is 4.48. The first kappa shape index (κ1) is 18.0. The lowest BCUT2D eigenvalue weighted by atomic mass is 9.88. The van der Waals surface area contributed by atoms with Crippen LogP contribution >= 0.6 is 0 Å². The zero-order valence-corrected chi connectivity index (χ0v) is 15.7. The van der Waals surface area contributed by atoms with Crippen LogP contribution in [-0.4, -0.2) is 11.1 Å². The number of esters is 1. The number of rotatable bonds is 3. The van der Waals surface area contributed by atoms with Gasteiger partial charge in [0, 0.05) is 34.2 Å². The highest BCUT2D eigenvalue weighted by atomic mass is 16.5. The molecule has 148 valence electrons. The summed E-state index contributed by atoms with van der Waals surface area (Å²) in [7, 11) is 0. The van der Waals surface area contributed by atoms with Crippen LogP contribution in [0.5, 0.6) is 17.2 Å². The van der Waals surface area contributed by atoms with Gasteiger partial charge in [-0.15, -0.1) is 0 Å². The Hall–Kier alpha value is -4.06. The lowest BCUT2D eigenvalue weighted by Gasteiger charge is -2.26. The average molecular weight is 400 g/mol. The molecule has 0 spiro atoms. The van der Waals surface area contributed by atoms with Gasteiger partial charge in [0.1, 0.15) is 35.4 Å². The summed E-state index contributed by atoms with van der Waals surface area (Å²) < 4.78 is 16.7. The smallest absolute Gasteiger partial charge is 0.336 e. The number of phenols is 1. The van der Waals surface area contributed by atoms with Gasteiger partial charge in [-0.3, -0.25) is 4.79 Å². The van der Waals surface area contributed by atoms with Crippen LogP contribution in [0.4, 0.5) is 0 Å². The highest BCUT2D eigenvalue weighted by Gasteiger charge is 2.33. The molecular formula is C24H16O6. The minimum absolute atomic E-state index is 0.0183. The fourth-order valence-corrected chi connectivity index (χ4v) is 3.73. The van der Waals surface area contributed by atoms with Crippen LogP contribution in [0.2, 0.25) is 0 Å². The third kappa shape index (κ3) is 3.08. The fraction of sp³-hybridized carbons (Fsp3) is 0.0833. The number of fused-ring (bicyclic) bond motifs is 3. The first-order valence-corrected chi connectivity index (χ1v) is 9.38. The minimum Gasteiger partial charge on any atom is -0.508 e. The molecule has 0 unspecified atom stereocenters. The molecule has 0 radical (unpaired) electrons. The highest BCUT2D eigenvalue weighted by Crippen LogP contribution is 2.44. The van der Waals surface area contributed by atoms with Crippen LogP contribution in [0.3, 0.4) is 0 Å². The summed E-state index contributed by atoms with van der Waals surface area (Å²) in [5.74, 6) is 0.119. The number of hydrogen-bond donors (Lipinski definition) is 1. The van der Waals surface area contributed by atoms with Crippen molar-refractivity contribution in [1.82, 2.24) is 0 Å². The van der Waals surface area contributed by atoms with Gasteiger partial charge in [0.25, 0.3) is 0 Å². The summed E-state index contributed by atoms with van der Waals surface area (Å²) >= 11 is 0. The number of aromatic hydroxyl groups is 1. The van der Waals surface area contributed by atoms with Crippen molar-refractivity contribution in [3.63, 3.8) is 0 Å². The Balaban J connectivity index is 1.49. The summed E-state index contributed by atoms with van der Waals surface area (Å²) in [4.78, 5) is 25.0. The summed E-state index contributed by atoms with van der Waals surface area (Å²) in [5.41, 5.74) is 1.60. The van der Waals surface area contributed by atoms with E-state index < -0.39 is 17.5 Å². The van der Waals surface area contributed by atoms with E-state index in [9.17, 15) is 14.7 Å². The van der Waals surface area contributed by atoms with E-state index in [0.29, 0.717) is 22.4 Å². The van der Waals surface area contributed by atoms with E-state index in [-0.39, 0.29) is 17.9 Å². The third-order valence-electron chi connectivity index (χ3n) is 5.10. The number of ether oxygens (including phenoxy) is 2. The molecule has 0 atom stereocenters. The van der Waals surface area contributed by atoms with Crippen molar-refractivity contribution in [1.29, 1.82) is 0 Å². The second-order valence-corrected chi connectivity index (χ2v) is 6.99. The van der Waals surface area contributed by atoms with Crippen molar-refractivity contribution >= 4 is 16.9 Å². The third-order valence-corrected chi connectivity index (χ3v) is 5.10. The standard InChI is InChI=1S/C24H16O6/c25-15-9-10-16-14(11-22(26)30-21(16)12-15)13-28-24(27)23-17-5-1-3-7-19(17)29-20-8-4-2-6-18(20)23/h1-12,23,25H,13H2. The maximum atomic E-state index is 13.2. The zero-order valence-electron chi connectivity index (χ0n) is 15.7. The average Bonchev–Trinajstić information content (AvgIpc) is 2.75. The highest BCUT2D eigenvalue weighted by molar-refractivity contribution is 5.86. The number of para-hydroxylation sites is 2. The van der Waals surface area contributed by atoms with Gasteiger partial charge in [-0.25, -0.2) is 4.79 Å². The van der Waals surface area contributed by atoms with Crippen molar-refractivity contribution < 1.29 is 23.8 Å². The van der Waals surface area contributed by atoms with E-state index in [4.69, 9.17) is 13.9 Å². The summed E-state index contributed by atoms with van der Waals surface area (Å²) in [6.07, 6.45) is 0. The van der Waals surface area contributed by atoms with Gasteiger partial charge < -0.3 is 19.0 Å². The molecule has 30 heavy (non-hydrogen) atoms. The molecule has 1 N–H and O–H groups in total. The molecule has 0 bridgehead atoms. The number of phenolic OH excluding ortho intramolecular Hbond substituents is 1. The Kier molecular flexibility index (Phi) is 4.25. The van der Waals surface area contributed by atoms with Gasteiger partial charge in [-0.05, 0) is 24.3 Å². The lowest BCUT2D eigenvalue weighted by Crippen LogP contribution is -2.21. The molecule has 4 aromatic rings. The van der Waals surface area contributed by atoms with Crippen LogP contribution in [0.25, 0.3) is 11.0 Å². The van der Waals surface area contributed by atoms with Gasteiger partial charge in [-0.1, -0.05) is 36.4 Å². The molecular weight excluding hydrogens is 384 g/mol. The molecule has 0 fully saturated rings. The van der Waals surface area contributed by atoms with Gasteiger partial charge >= 0.3 is 11.6 Å². The van der Waals surface area contributed by atoms with Crippen LogP contribution in [-0.2, 0) is 16.1 Å². The van der Waals surface area contributed by atoms with E-state index in [0.717, 1.165) is 11.1 Å². The van der Waals surface area contributed by atoms with Gasteiger partial charge in [-0.2, -0.15) is 0 Å². The minimum atomic E-state index is -0.637. The summed E-state index contributed by atoms with van der Waals surface area (Å²) in [5, 5.41) is 10.2. The normalized spacial score (nSPS) is 12.7. The molecule has 3 aromatic carbocycles. The summed E-state index contributed by atoms with van der Waals surface area (Å²) in [6.45, 7) is -0.104. The molecule has 1 aliphatic rings. The molecule has 0 saturated carbocycles. The summed E-state index contributed by atoms with van der Waals surface area (Å²) in [6, 6.07) is 20.4. The Morgan fingerprint density at radius 3 is 2.30 bits per heavy atom. The van der Waals surface area contributed by atoms with E-state index >= 15 is 0 Å². The molecule has 6 nitrogen and oxygen atoms in total. The second kappa shape index (κ2) is 7.08. The quantitative estimate of drug-likeness (QED) is 0.403. The maximum Gasteiger partial charge on any atom is 0.336 e. The number of carbonyl (C=O) groups excluding carboxylic acids is 1. The number of benzene rings is 3. The Bertz CT molecular complexity index is 1290. The van der Waals surface area contributed by atoms with Crippen LogP contribution in [0, 0.1) is 0 Å². The van der Waals surface area contributed by atoms with E-state index in [1.165, 1.54) is 18.2 Å². The molecule has 1 aliphatic heterocycles. The Morgan fingerprint density at radius 1 is 0.933 bits per heavy atom. The molecule has 1 aromatic heterocycles. The van der Waals surface area contributed by atoms with Crippen LogP contribution in [0.1, 0.15) is 22.6 Å². The molecule has 2 heterocycles. The molecule has 0 amide bonds. The van der Waals surface area contributed by atoms with Gasteiger partial charge in [0.2, 0.25) is 0 Å². The first-order valence-electron chi connectivity index (χ1n) is 9.38. The van der Waals surface area contributed by atoms with Crippen molar-refractivity contribution in [3.05, 3.63) is 99.9 Å². The van der Waals surface area contributed by atoms with Gasteiger partial charge in [0.05, 0.1) is 0 Å². The topological polar surface area (TPSA) is 86.0 Å². The largest absolute Gasteiger partial charge is 0.508 e. The van der Waals surface area contributed by atoms with Crippen LogP contribution in [0.15, 0.2) is 82.0 Å². The SMILES string of the molecule is O=C(OCc1cc(=O)oc2cc(O)ccc12)C1c2ccccc2Oc2ccccc21. The van der Waals surface area contributed by atoms with Crippen molar-refractivity contribution in [2.45, 2.75) is 12.5 Å². The molecule has 0 aliphatic carbocycles. The Labute approximate surface area is 170 Å². The van der Waals surface area contributed by atoms with Crippen LogP contribution < -0.4 is 10.4 Å².